The Hall–Kier alpha value is -2.78. The van der Waals surface area contributed by atoms with Crippen LogP contribution in [0.25, 0.3) is 6.08 Å². The number of hydrogen-bond acceptors (Lipinski definition) is 5. The summed E-state index contributed by atoms with van der Waals surface area (Å²) in [7, 11) is 2.96. The van der Waals surface area contributed by atoms with Crippen molar-refractivity contribution in [2.75, 3.05) is 19.1 Å². The van der Waals surface area contributed by atoms with Gasteiger partial charge in [-0.3, -0.25) is 14.9 Å². The lowest BCUT2D eigenvalue weighted by Crippen LogP contribution is -2.54. The van der Waals surface area contributed by atoms with Gasteiger partial charge in [-0.15, -0.1) is 0 Å². The number of benzene rings is 2. The fourth-order valence-corrected chi connectivity index (χ4v) is 3.46. The number of nitrogens with zero attached hydrogens (tertiary/aromatic N) is 1. The zero-order valence-corrected chi connectivity index (χ0v) is 17.2. The highest BCUT2D eigenvalue weighted by Crippen LogP contribution is 2.34. The van der Waals surface area contributed by atoms with Gasteiger partial charge in [-0.25, -0.2) is 9.29 Å². The molecule has 1 aliphatic heterocycles. The van der Waals surface area contributed by atoms with Gasteiger partial charge in [-0.2, -0.15) is 0 Å². The SMILES string of the molecule is COc1cc(OC)c(/C=C2\C(=O)NC(=S)N(c3ccccc3F)C2=O)cc1Br. The van der Waals surface area contributed by atoms with Crippen molar-refractivity contribution < 1.29 is 23.5 Å². The fourth-order valence-electron chi connectivity index (χ4n) is 2.66. The number of amides is 2. The number of rotatable bonds is 4. The van der Waals surface area contributed by atoms with Crippen molar-refractivity contribution in [3.8, 4) is 11.5 Å². The Morgan fingerprint density at radius 2 is 1.82 bits per heavy atom. The maximum absolute atomic E-state index is 14.2. The second-order valence-electron chi connectivity index (χ2n) is 5.64. The summed E-state index contributed by atoms with van der Waals surface area (Å²) in [6.45, 7) is 0. The van der Waals surface area contributed by atoms with E-state index < -0.39 is 17.6 Å². The van der Waals surface area contributed by atoms with E-state index >= 15 is 0 Å². The number of ether oxygens (including phenoxy) is 2. The summed E-state index contributed by atoms with van der Waals surface area (Å²) < 4.78 is 25.3. The predicted molar refractivity (Wildman–Crippen MR) is 110 cm³/mol. The molecule has 1 N–H and O–H groups in total. The van der Waals surface area contributed by atoms with E-state index in [1.807, 2.05) is 0 Å². The molecule has 0 unspecified atom stereocenters. The molecule has 6 nitrogen and oxygen atoms in total. The molecule has 0 saturated carbocycles. The van der Waals surface area contributed by atoms with E-state index in [1.54, 1.807) is 18.2 Å². The average molecular weight is 465 g/mol. The maximum Gasteiger partial charge on any atom is 0.270 e. The van der Waals surface area contributed by atoms with Crippen LogP contribution in [0.15, 0.2) is 46.4 Å². The summed E-state index contributed by atoms with van der Waals surface area (Å²) >= 11 is 8.43. The number of para-hydroxylation sites is 1. The van der Waals surface area contributed by atoms with E-state index in [0.29, 0.717) is 21.5 Å². The predicted octanol–water partition coefficient (Wildman–Crippen LogP) is 3.44. The first kappa shape index (κ1) is 20.0. The van der Waals surface area contributed by atoms with Gasteiger partial charge < -0.3 is 9.47 Å². The standard InChI is InChI=1S/C19H14BrFN2O4S/c1-26-15-9-16(27-2)12(20)8-10(15)7-11-17(24)22-19(28)23(18(11)25)14-6-4-3-5-13(14)21/h3-9H,1-2H3,(H,22,24,28)/b11-7+. The number of nitrogens with one attached hydrogen (secondary N) is 1. The molecular formula is C19H14BrFN2O4S. The maximum atomic E-state index is 14.2. The summed E-state index contributed by atoms with van der Waals surface area (Å²) in [6, 6.07) is 8.92. The van der Waals surface area contributed by atoms with Crippen molar-refractivity contribution in [3.05, 3.63) is 57.8 Å². The highest BCUT2D eigenvalue weighted by atomic mass is 79.9. The molecule has 0 aromatic heterocycles. The zero-order valence-electron chi connectivity index (χ0n) is 14.8. The van der Waals surface area contributed by atoms with E-state index in [0.717, 1.165) is 4.90 Å². The quantitative estimate of drug-likeness (QED) is 0.426. The second kappa shape index (κ2) is 8.07. The van der Waals surface area contributed by atoms with Gasteiger partial charge in [-0.1, -0.05) is 12.1 Å². The lowest BCUT2D eigenvalue weighted by molar-refractivity contribution is -0.122. The average Bonchev–Trinajstić information content (AvgIpc) is 2.66. The Labute approximate surface area is 174 Å². The Balaban J connectivity index is 2.10. The molecule has 2 aromatic carbocycles. The van der Waals surface area contributed by atoms with Gasteiger partial charge in [0.15, 0.2) is 5.11 Å². The van der Waals surface area contributed by atoms with Crippen molar-refractivity contribution in [2.45, 2.75) is 0 Å². The highest BCUT2D eigenvalue weighted by molar-refractivity contribution is 9.10. The van der Waals surface area contributed by atoms with Crippen LogP contribution in [0.2, 0.25) is 0 Å². The normalized spacial score (nSPS) is 15.6. The van der Waals surface area contributed by atoms with Crippen molar-refractivity contribution in [1.82, 2.24) is 5.32 Å². The molecule has 1 saturated heterocycles. The molecule has 0 aliphatic carbocycles. The molecule has 3 rings (SSSR count). The van der Waals surface area contributed by atoms with Gasteiger partial charge in [0.2, 0.25) is 0 Å². The van der Waals surface area contributed by atoms with Crippen LogP contribution in [0.5, 0.6) is 11.5 Å². The summed E-state index contributed by atoms with van der Waals surface area (Å²) in [5.74, 6) is -1.16. The molecule has 1 fully saturated rings. The summed E-state index contributed by atoms with van der Waals surface area (Å²) in [6.07, 6.45) is 1.36. The van der Waals surface area contributed by atoms with Crippen LogP contribution in [0.1, 0.15) is 5.56 Å². The minimum Gasteiger partial charge on any atom is -0.496 e. The van der Waals surface area contributed by atoms with Crippen LogP contribution in [-0.4, -0.2) is 31.1 Å². The van der Waals surface area contributed by atoms with E-state index in [-0.39, 0.29) is 16.4 Å². The topological polar surface area (TPSA) is 67.9 Å². The molecular weight excluding hydrogens is 451 g/mol. The molecule has 1 aliphatic rings. The first-order chi connectivity index (χ1) is 13.4. The number of thiocarbonyl (C=S) groups is 1. The molecule has 144 valence electrons. The van der Waals surface area contributed by atoms with Gasteiger partial charge >= 0.3 is 0 Å². The lowest BCUT2D eigenvalue weighted by atomic mass is 10.1. The molecule has 0 radical (unpaired) electrons. The van der Waals surface area contributed by atoms with Crippen LogP contribution in [0, 0.1) is 5.82 Å². The lowest BCUT2D eigenvalue weighted by Gasteiger charge is -2.29. The summed E-state index contributed by atoms with van der Waals surface area (Å²) in [4.78, 5) is 26.3. The largest absolute Gasteiger partial charge is 0.496 e. The Bertz CT molecular complexity index is 1020. The third-order valence-corrected chi connectivity index (χ3v) is 4.90. The van der Waals surface area contributed by atoms with Crippen LogP contribution in [-0.2, 0) is 9.59 Å². The van der Waals surface area contributed by atoms with Crippen molar-refractivity contribution in [3.63, 3.8) is 0 Å². The molecule has 0 atom stereocenters. The van der Waals surface area contributed by atoms with Crippen LogP contribution >= 0.6 is 28.1 Å². The van der Waals surface area contributed by atoms with Gasteiger partial charge in [0.1, 0.15) is 22.9 Å². The zero-order chi connectivity index (χ0) is 20.4. The second-order valence-corrected chi connectivity index (χ2v) is 6.88. The smallest absolute Gasteiger partial charge is 0.270 e. The Kier molecular flexibility index (Phi) is 5.76. The third-order valence-electron chi connectivity index (χ3n) is 4.00. The molecule has 0 spiro atoms. The number of methoxy groups -OCH3 is 2. The van der Waals surface area contributed by atoms with Gasteiger partial charge in [0.05, 0.1) is 24.4 Å². The molecule has 28 heavy (non-hydrogen) atoms. The number of hydrogen-bond donors (Lipinski definition) is 1. The van der Waals surface area contributed by atoms with E-state index in [4.69, 9.17) is 21.7 Å². The molecule has 2 aromatic rings. The molecule has 0 bridgehead atoms. The Morgan fingerprint density at radius 1 is 1.14 bits per heavy atom. The number of anilines is 1. The van der Waals surface area contributed by atoms with Crippen LogP contribution in [0.3, 0.4) is 0 Å². The monoisotopic (exact) mass is 464 g/mol. The van der Waals surface area contributed by atoms with Crippen LogP contribution < -0.4 is 19.7 Å². The third kappa shape index (κ3) is 3.63. The molecule has 2 amide bonds. The minimum atomic E-state index is -0.743. The number of halogens is 2. The van der Waals surface area contributed by atoms with Crippen molar-refractivity contribution >= 4 is 56.8 Å². The highest BCUT2D eigenvalue weighted by Gasteiger charge is 2.35. The van der Waals surface area contributed by atoms with Gasteiger partial charge in [-0.05, 0) is 52.4 Å². The van der Waals surface area contributed by atoms with Crippen molar-refractivity contribution in [2.24, 2.45) is 0 Å². The van der Waals surface area contributed by atoms with E-state index in [1.165, 1.54) is 38.5 Å². The van der Waals surface area contributed by atoms with E-state index in [2.05, 4.69) is 21.2 Å². The van der Waals surface area contributed by atoms with Crippen LogP contribution in [0.4, 0.5) is 10.1 Å². The van der Waals surface area contributed by atoms with Gasteiger partial charge in [0, 0.05) is 11.6 Å². The number of carbonyl (C=O) groups excluding carboxylic acids is 2. The van der Waals surface area contributed by atoms with Crippen molar-refractivity contribution in [1.29, 1.82) is 0 Å². The first-order valence-corrected chi connectivity index (χ1v) is 9.15. The summed E-state index contributed by atoms with van der Waals surface area (Å²) in [5.41, 5.74) is 0.188. The number of carbonyl (C=O) groups is 2. The molecule has 1 heterocycles. The Morgan fingerprint density at radius 3 is 2.46 bits per heavy atom. The van der Waals surface area contributed by atoms with E-state index in [9.17, 15) is 14.0 Å². The summed E-state index contributed by atoms with van der Waals surface area (Å²) in [5, 5.41) is 2.22. The first-order valence-electron chi connectivity index (χ1n) is 7.95. The fraction of sp³-hybridized carbons (Fsp3) is 0.105. The van der Waals surface area contributed by atoms with Gasteiger partial charge in [0.25, 0.3) is 11.8 Å². The molecule has 9 heteroatoms. The minimum absolute atomic E-state index is 0.0497.